The van der Waals surface area contributed by atoms with Gasteiger partial charge in [0.05, 0.1) is 13.2 Å². The van der Waals surface area contributed by atoms with Crippen molar-refractivity contribution >= 4 is 23.7 Å². The number of benzene rings is 1. The van der Waals surface area contributed by atoms with Crippen LogP contribution in [-0.2, 0) is 11.3 Å². The predicted octanol–water partition coefficient (Wildman–Crippen LogP) is 2.68. The number of rotatable bonds is 5. The van der Waals surface area contributed by atoms with Crippen molar-refractivity contribution in [3.05, 3.63) is 35.2 Å². The first-order valence-electron chi connectivity index (χ1n) is 9.56. The molecule has 10 heteroatoms. The highest BCUT2D eigenvalue weighted by Crippen LogP contribution is 2.18. The van der Waals surface area contributed by atoms with Crippen LogP contribution < -0.4 is 10.6 Å². The fourth-order valence-corrected chi connectivity index (χ4v) is 3.14. The summed E-state index contributed by atoms with van der Waals surface area (Å²) in [6.07, 6.45) is 1.39. The maximum Gasteiger partial charge on any atom is 0.409 e. The van der Waals surface area contributed by atoms with Gasteiger partial charge in [-0.25, -0.2) is 4.79 Å². The van der Waals surface area contributed by atoms with E-state index in [1.807, 2.05) is 19.1 Å². The van der Waals surface area contributed by atoms with Crippen molar-refractivity contribution in [2.24, 2.45) is 4.99 Å². The van der Waals surface area contributed by atoms with Gasteiger partial charge in [-0.2, -0.15) is 4.98 Å². The summed E-state index contributed by atoms with van der Waals surface area (Å²) in [4.78, 5) is 22.1. The number of likely N-dealkylation sites (tertiary alicyclic amines) is 1. The second-order valence-corrected chi connectivity index (χ2v) is 6.99. The third-order valence-electron chi connectivity index (χ3n) is 4.56. The highest BCUT2D eigenvalue weighted by atomic mass is 35.5. The molecule has 9 nitrogen and oxygen atoms in total. The van der Waals surface area contributed by atoms with Crippen LogP contribution in [0.4, 0.5) is 4.79 Å². The lowest BCUT2D eigenvalue weighted by molar-refractivity contribution is 0.0963. The summed E-state index contributed by atoms with van der Waals surface area (Å²) in [5.74, 6) is 1.61. The molecule has 1 aromatic heterocycles. The molecule has 1 saturated heterocycles. The van der Waals surface area contributed by atoms with E-state index in [0.717, 1.165) is 18.4 Å². The van der Waals surface area contributed by atoms with E-state index in [1.54, 1.807) is 24.1 Å². The minimum absolute atomic E-state index is 0.221. The zero-order valence-corrected chi connectivity index (χ0v) is 17.3. The summed E-state index contributed by atoms with van der Waals surface area (Å²) in [6.45, 7) is 3.86. The first-order valence-corrected chi connectivity index (χ1v) is 9.94. The van der Waals surface area contributed by atoms with Crippen molar-refractivity contribution in [2.45, 2.75) is 32.4 Å². The molecule has 0 aliphatic carbocycles. The van der Waals surface area contributed by atoms with E-state index in [9.17, 15) is 4.79 Å². The molecule has 0 atom stereocenters. The van der Waals surface area contributed by atoms with E-state index < -0.39 is 0 Å². The van der Waals surface area contributed by atoms with E-state index in [-0.39, 0.29) is 12.1 Å². The van der Waals surface area contributed by atoms with Crippen molar-refractivity contribution in [1.29, 1.82) is 0 Å². The van der Waals surface area contributed by atoms with Gasteiger partial charge in [0.1, 0.15) is 0 Å². The molecule has 1 aliphatic rings. The van der Waals surface area contributed by atoms with Crippen LogP contribution in [0.25, 0.3) is 11.4 Å². The molecule has 0 spiro atoms. The van der Waals surface area contributed by atoms with Gasteiger partial charge in [-0.1, -0.05) is 16.8 Å². The van der Waals surface area contributed by atoms with Crippen LogP contribution in [0, 0.1) is 0 Å². The Morgan fingerprint density at radius 2 is 2.07 bits per heavy atom. The van der Waals surface area contributed by atoms with Gasteiger partial charge in [-0.05, 0) is 44.0 Å². The quantitative estimate of drug-likeness (QED) is 0.565. The van der Waals surface area contributed by atoms with Crippen molar-refractivity contribution in [3.8, 4) is 11.4 Å². The Morgan fingerprint density at radius 3 is 2.72 bits per heavy atom. The van der Waals surface area contributed by atoms with E-state index >= 15 is 0 Å². The smallest absolute Gasteiger partial charge is 0.409 e. The van der Waals surface area contributed by atoms with Crippen molar-refractivity contribution in [2.75, 3.05) is 26.7 Å². The number of aliphatic imine (C=N–C) groups is 1. The number of carbonyl (C=O) groups excluding carboxylic acids is 1. The SMILES string of the molecule is CCOC(=O)N1CCC(NC(=NC)NCc2nc(-c3ccc(Cl)cc3)no2)CC1. The zero-order chi connectivity index (χ0) is 20.6. The number of halogens is 1. The molecule has 2 N–H and O–H groups in total. The molecule has 156 valence electrons. The summed E-state index contributed by atoms with van der Waals surface area (Å²) >= 11 is 5.90. The Balaban J connectivity index is 1.47. The molecule has 0 radical (unpaired) electrons. The average Bonchev–Trinajstić information content (AvgIpc) is 3.21. The van der Waals surface area contributed by atoms with Crippen molar-refractivity contribution in [3.63, 3.8) is 0 Å². The van der Waals surface area contributed by atoms with E-state index in [1.165, 1.54) is 0 Å². The van der Waals surface area contributed by atoms with E-state index in [4.69, 9.17) is 20.9 Å². The number of hydrogen-bond donors (Lipinski definition) is 2. The molecule has 0 saturated carbocycles. The van der Waals surface area contributed by atoms with Gasteiger partial charge in [-0.3, -0.25) is 4.99 Å². The summed E-state index contributed by atoms with van der Waals surface area (Å²) < 4.78 is 10.3. The largest absolute Gasteiger partial charge is 0.450 e. The Hall–Kier alpha value is -2.81. The Morgan fingerprint density at radius 1 is 1.34 bits per heavy atom. The summed E-state index contributed by atoms with van der Waals surface area (Å²) in [5.41, 5.74) is 0.834. The maximum absolute atomic E-state index is 11.8. The van der Waals surface area contributed by atoms with Gasteiger partial charge >= 0.3 is 6.09 Å². The Kier molecular flexibility index (Phi) is 7.29. The van der Waals surface area contributed by atoms with E-state index in [0.29, 0.717) is 48.9 Å². The molecule has 0 bridgehead atoms. The van der Waals surface area contributed by atoms with Crippen LogP contribution in [0.15, 0.2) is 33.8 Å². The molecule has 0 unspecified atom stereocenters. The average molecular weight is 421 g/mol. The zero-order valence-electron chi connectivity index (χ0n) is 16.5. The van der Waals surface area contributed by atoms with Gasteiger partial charge in [0, 0.05) is 36.8 Å². The van der Waals surface area contributed by atoms with Gasteiger partial charge in [0.15, 0.2) is 5.96 Å². The number of amides is 1. The number of nitrogens with zero attached hydrogens (tertiary/aromatic N) is 4. The monoisotopic (exact) mass is 420 g/mol. The highest BCUT2D eigenvalue weighted by molar-refractivity contribution is 6.30. The van der Waals surface area contributed by atoms with Crippen molar-refractivity contribution < 1.29 is 14.1 Å². The van der Waals surface area contributed by atoms with Crippen LogP contribution in [0.5, 0.6) is 0 Å². The molecule has 2 aromatic rings. The third kappa shape index (κ3) is 5.83. The normalized spacial score (nSPS) is 15.3. The molecule has 2 heterocycles. The fraction of sp³-hybridized carbons (Fsp3) is 0.474. The lowest BCUT2D eigenvalue weighted by atomic mass is 10.1. The molecule has 1 aromatic carbocycles. The maximum atomic E-state index is 11.8. The number of nitrogens with one attached hydrogen (secondary N) is 2. The number of hydrogen-bond acceptors (Lipinski definition) is 6. The Labute approximate surface area is 174 Å². The molecular formula is C19H25ClN6O3. The standard InChI is InChI=1S/C19H25ClN6O3/c1-3-28-19(27)26-10-8-15(9-11-26)23-18(21-2)22-12-16-24-17(25-29-16)13-4-6-14(20)7-5-13/h4-7,15H,3,8-12H2,1-2H3,(H2,21,22,23). The van der Waals surface area contributed by atoms with Crippen molar-refractivity contribution in [1.82, 2.24) is 25.7 Å². The summed E-state index contributed by atoms with van der Waals surface area (Å²) in [6, 6.07) is 7.47. The number of guanidine groups is 1. The molecule has 1 aliphatic heterocycles. The molecule has 3 rings (SSSR count). The summed E-state index contributed by atoms with van der Waals surface area (Å²) in [5, 5.41) is 11.2. The van der Waals surface area contributed by atoms with Crippen LogP contribution in [0.3, 0.4) is 0 Å². The lowest BCUT2D eigenvalue weighted by Crippen LogP contribution is -2.49. The predicted molar refractivity (Wildman–Crippen MR) is 110 cm³/mol. The minimum atomic E-state index is -0.249. The number of carbonyl (C=O) groups is 1. The first kappa shape index (κ1) is 20.9. The second-order valence-electron chi connectivity index (χ2n) is 6.55. The summed E-state index contributed by atoms with van der Waals surface area (Å²) in [7, 11) is 1.70. The van der Waals surface area contributed by atoms with Crippen LogP contribution in [-0.4, -0.2) is 59.9 Å². The minimum Gasteiger partial charge on any atom is -0.450 e. The van der Waals surface area contributed by atoms with Crippen LogP contribution >= 0.6 is 11.6 Å². The Bertz CT molecular complexity index is 831. The molecule has 29 heavy (non-hydrogen) atoms. The molecule has 1 amide bonds. The van der Waals surface area contributed by atoms with Gasteiger partial charge in [0.2, 0.25) is 11.7 Å². The highest BCUT2D eigenvalue weighted by Gasteiger charge is 2.24. The van der Waals surface area contributed by atoms with Gasteiger partial charge in [-0.15, -0.1) is 0 Å². The van der Waals surface area contributed by atoms with Gasteiger partial charge in [0.25, 0.3) is 0 Å². The van der Waals surface area contributed by atoms with Crippen LogP contribution in [0.1, 0.15) is 25.7 Å². The van der Waals surface area contributed by atoms with Crippen LogP contribution in [0.2, 0.25) is 5.02 Å². The number of ether oxygens (including phenoxy) is 1. The lowest BCUT2D eigenvalue weighted by Gasteiger charge is -2.32. The number of piperidine rings is 1. The molecular weight excluding hydrogens is 396 g/mol. The molecule has 1 fully saturated rings. The second kappa shape index (κ2) is 10.1. The first-order chi connectivity index (χ1) is 14.1. The third-order valence-corrected chi connectivity index (χ3v) is 4.81. The fourth-order valence-electron chi connectivity index (χ4n) is 3.01. The van der Waals surface area contributed by atoms with Gasteiger partial charge < -0.3 is 24.8 Å². The topological polar surface area (TPSA) is 105 Å². The number of aromatic nitrogens is 2. The van der Waals surface area contributed by atoms with E-state index in [2.05, 4.69) is 25.8 Å².